The van der Waals surface area contributed by atoms with Crippen molar-refractivity contribution in [3.63, 3.8) is 0 Å². The number of benzene rings is 2. The number of hydrogen-bond acceptors (Lipinski definition) is 2. The van der Waals surface area contributed by atoms with Crippen molar-refractivity contribution in [2.45, 2.75) is 13.8 Å². The van der Waals surface area contributed by atoms with Crippen LogP contribution in [0.25, 0.3) is 0 Å². The van der Waals surface area contributed by atoms with Crippen LogP contribution in [0.4, 0.5) is 5.69 Å². The van der Waals surface area contributed by atoms with Gasteiger partial charge in [-0.2, -0.15) is 0 Å². The van der Waals surface area contributed by atoms with E-state index >= 15 is 0 Å². The van der Waals surface area contributed by atoms with E-state index in [1.165, 1.54) is 5.56 Å². The molecule has 2 nitrogen and oxygen atoms in total. The Labute approximate surface area is 119 Å². The van der Waals surface area contributed by atoms with Crippen LogP contribution in [0.2, 0.25) is 5.02 Å². The van der Waals surface area contributed by atoms with Gasteiger partial charge in [-0.1, -0.05) is 41.4 Å². The summed E-state index contributed by atoms with van der Waals surface area (Å²) in [6.07, 6.45) is 0. The number of nitrogens with one attached hydrogen (secondary N) is 1. The molecule has 0 spiro atoms. The zero-order valence-electron chi connectivity index (χ0n) is 11.2. The highest BCUT2D eigenvalue weighted by molar-refractivity contribution is 6.33. The summed E-state index contributed by atoms with van der Waals surface area (Å²) in [4.78, 5) is 0. The van der Waals surface area contributed by atoms with Gasteiger partial charge in [0.2, 0.25) is 0 Å². The standard InChI is InChI=1S/C16H18ClNO/c1-12-7-8-16(13(2)11-12)19-10-9-18-15-6-4-3-5-14(15)17/h3-8,11,18H,9-10H2,1-2H3. The largest absolute Gasteiger partial charge is 0.491 e. The first-order valence-electron chi connectivity index (χ1n) is 6.35. The maximum Gasteiger partial charge on any atom is 0.122 e. The molecule has 1 N–H and O–H groups in total. The zero-order valence-corrected chi connectivity index (χ0v) is 12.0. The summed E-state index contributed by atoms with van der Waals surface area (Å²) >= 11 is 6.06. The molecule has 0 radical (unpaired) electrons. The van der Waals surface area contributed by atoms with Crippen molar-refractivity contribution in [1.82, 2.24) is 0 Å². The molecule has 0 saturated carbocycles. The van der Waals surface area contributed by atoms with Crippen LogP contribution in [0.3, 0.4) is 0 Å². The van der Waals surface area contributed by atoms with Gasteiger partial charge in [-0.05, 0) is 37.6 Å². The van der Waals surface area contributed by atoms with E-state index in [1.54, 1.807) is 0 Å². The summed E-state index contributed by atoms with van der Waals surface area (Å²) in [5.74, 6) is 0.937. The fourth-order valence-electron chi connectivity index (χ4n) is 1.91. The number of para-hydroxylation sites is 1. The highest BCUT2D eigenvalue weighted by Gasteiger charge is 2.00. The van der Waals surface area contributed by atoms with E-state index in [4.69, 9.17) is 16.3 Å². The fourth-order valence-corrected chi connectivity index (χ4v) is 2.12. The molecular weight excluding hydrogens is 258 g/mol. The summed E-state index contributed by atoms with van der Waals surface area (Å²) in [5.41, 5.74) is 3.35. The summed E-state index contributed by atoms with van der Waals surface area (Å²) in [6, 6.07) is 13.9. The molecule has 0 aliphatic rings. The van der Waals surface area contributed by atoms with Crippen LogP contribution in [0.15, 0.2) is 42.5 Å². The lowest BCUT2D eigenvalue weighted by molar-refractivity contribution is 0.330. The normalized spacial score (nSPS) is 10.3. The van der Waals surface area contributed by atoms with E-state index in [9.17, 15) is 0 Å². The van der Waals surface area contributed by atoms with Gasteiger partial charge in [0.25, 0.3) is 0 Å². The minimum atomic E-state index is 0.606. The van der Waals surface area contributed by atoms with Crippen molar-refractivity contribution >= 4 is 17.3 Å². The maximum absolute atomic E-state index is 6.06. The first kappa shape index (κ1) is 13.8. The Balaban J connectivity index is 1.83. The zero-order chi connectivity index (χ0) is 13.7. The Morgan fingerprint density at radius 2 is 1.89 bits per heavy atom. The first-order valence-corrected chi connectivity index (χ1v) is 6.73. The molecule has 0 unspecified atom stereocenters. The minimum Gasteiger partial charge on any atom is -0.491 e. The minimum absolute atomic E-state index is 0.606. The molecule has 2 aromatic rings. The number of halogens is 1. The van der Waals surface area contributed by atoms with Crippen molar-refractivity contribution in [1.29, 1.82) is 0 Å². The van der Waals surface area contributed by atoms with Gasteiger partial charge in [0, 0.05) is 6.54 Å². The summed E-state index contributed by atoms with van der Waals surface area (Å²) in [7, 11) is 0. The van der Waals surface area contributed by atoms with Gasteiger partial charge in [-0.3, -0.25) is 0 Å². The molecule has 100 valence electrons. The SMILES string of the molecule is Cc1ccc(OCCNc2ccccc2Cl)c(C)c1. The van der Waals surface area contributed by atoms with E-state index < -0.39 is 0 Å². The van der Waals surface area contributed by atoms with E-state index in [1.807, 2.05) is 30.3 Å². The highest BCUT2D eigenvalue weighted by Crippen LogP contribution is 2.21. The molecular formula is C16H18ClNO. The fraction of sp³-hybridized carbons (Fsp3) is 0.250. The lowest BCUT2D eigenvalue weighted by atomic mass is 10.1. The van der Waals surface area contributed by atoms with Crippen LogP contribution in [0, 0.1) is 13.8 Å². The number of ether oxygens (including phenoxy) is 1. The smallest absolute Gasteiger partial charge is 0.122 e. The average Bonchev–Trinajstić information content (AvgIpc) is 2.38. The maximum atomic E-state index is 6.06. The van der Waals surface area contributed by atoms with Crippen LogP contribution in [-0.4, -0.2) is 13.2 Å². The quantitative estimate of drug-likeness (QED) is 0.814. The molecule has 0 bridgehead atoms. The topological polar surface area (TPSA) is 21.3 Å². The van der Waals surface area contributed by atoms with Crippen LogP contribution in [0.5, 0.6) is 5.75 Å². The molecule has 2 aromatic carbocycles. The first-order chi connectivity index (χ1) is 9.16. The monoisotopic (exact) mass is 275 g/mol. The van der Waals surface area contributed by atoms with Gasteiger partial charge in [-0.15, -0.1) is 0 Å². The van der Waals surface area contributed by atoms with E-state index in [-0.39, 0.29) is 0 Å². The second-order valence-corrected chi connectivity index (χ2v) is 4.93. The molecule has 3 heteroatoms. The van der Waals surface area contributed by atoms with Crippen molar-refractivity contribution in [3.05, 3.63) is 58.6 Å². The Hall–Kier alpha value is -1.67. The van der Waals surface area contributed by atoms with Gasteiger partial charge >= 0.3 is 0 Å². The molecule has 0 aliphatic heterocycles. The second-order valence-electron chi connectivity index (χ2n) is 4.52. The third-order valence-electron chi connectivity index (χ3n) is 2.88. The number of rotatable bonds is 5. The van der Waals surface area contributed by atoms with Gasteiger partial charge < -0.3 is 10.1 Å². The lowest BCUT2D eigenvalue weighted by Crippen LogP contribution is -2.12. The van der Waals surface area contributed by atoms with Gasteiger partial charge in [0.1, 0.15) is 12.4 Å². The lowest BCUT2D eigenvalue weighted by Gasteiger charge is -2.11. The predicted octanol–water partition coefficient (Wildman–Crippen LogP) is 4.45. The molecule has 0 aliphatic carbocycles. The van der Waals surface area contributed by atoms with Gasteiger partial charge in [-0.25, -0.2) is 0 Å². The molecule has 0 amide bonds. The Morgan fingerprint density at radius 1 is 1.11 bits per heavy atom. The molecule has 19 heavy (non-hydrogen) atoms. The Bertz CT molecular complexity index is 554. The van der Waals surface area contributed by atoms with Crippen LogP contribution in [0.1, 0.15) is 11.1 Å². The Morgan fingerprint density at radius 3 is 2.63 bits per heavy atom. The van der Waals surface area contributed by atoms with Crippen LogP contribution in [-0.2, 0) is 0 Å². The summed E-state index contributed by atoms with van der Waals surface area (Å²) < 4.78 is 5.75. The van der Waals surface area contributed by atoms with Crippen LogP contribution >= 0.6 is 11.6 Å². The van der Waals surface area contributed by atoms with Crippen LogP contribution < -0.4 is 10.1 Å². The summed E-state index contributed by atoms with van der Waals surface area (Å²) in [5, 5.41) is 3.99. The number of hydrogen-bond donors (Lipinski definition) is 1. The number of anilines is 1. The Kier molecular flexibility index (Phi) is 4.69. The van der Waals surface area contributed by atoms with Crippen molar-refractivity contribution in [3.8, 4) is 5.75 Å². The van der Waals surface area contributed by atoms with E-state index in [0.29, 0.717) is 6.61 Å². The van der Waals surface area contributed by atoms with E-state index in [2.05, 4.69) is 31.3 Å². The van der Waals surface area contributed by atoms with Crippen molar-refractivity contribution in [2.75, 3.05) is 18.5 Å². The van der Waals surface area contributed by atoms with Crippen molar-refractivity contribution in [2.24, 2.45) is 0 Å². The summed E-state index contributed by atoms with van der Waals surface area (Å²) in [6.45, 7) is 5.46. The third kappa shape index (κ3) is 3.90. The van der Waals surface area contributed by atoms with E-state index in [0.717, 1.165) is 28.6 Å². The van der Waals surface area contributed by atoms with Gasteiger partial charge in [0.05, 0.1) is 10.7 Å². The molecule has 0 saturated heterocycles. The van der Waals surface area contributed by atoms with Crippen molar-refractivity contribution < 1.29 is 4.74 Å². The molecule has 0 fully saturated rings. The van der Waals surface area contributed by atoms with Gasteiger partial charge in [0.15, 0.2) is 0 Å². The highest BCUT2D eigenvalue weighted by atomic mass is 35.5. The predicted molar refractivity (Wildman–Crippen MR) is 81.4 cm³/mol. The number of aryl methyl sites for hydroxylation is 2. The molecule has 2 rings (SSSR count). The average molecular weight is 276 g/mol. The second kappa shape index (κ2) is 6.48. The molecule has 0 heterocycles. The molecule has 0 aromatic heterocycles. The molecule has 0 atom stereocenters. The third-order valence-corrected chi connectivity index (χ3v) is 3.21.